The zero-order chi connectivity index (χ0) is 77.4. The highest BCUT2D eigenvalue weighted by molar-refractivity contribution is 9.10. The van der Waals surface area contributed by atoms with Gasteiger partial charge in [0.2, 0.25) is 0 Å². The lowest BCUT2D eigenvalue weighted by atomic mass is 9.92. The van der Waals surface area contributed by atoms with Crippen LogP contribution in [0.4, 0.5) is 0 Å². The van der Waals surface area contributed by atoms with Gasteiger partial charge in [0.15, 0.2) is 0 Å². The van der Waals surface area contributed by atoms with E-state index in [9.17, 15) is 0 Å². The summed E-state index contributed by atoms with van der Waals surface area (Å²) in [5, 5.41) is 23.0. The van der Waals surface area contributed by atoms with Gasteiger partial charge in [-0.15, -0.1) is 0 Å². The zero-order valence-electron chi connectivity index (χ0n) is 63.8. The molecule has 1 N–H and O–H groups in total. The maximum absolute atomic E-state index is 3.75. The Morgan fingerprint density at radius 3 is 0.974 bits per heavy atom. The van der Waals surface area contributed by atoms with Crippen molar-refractivity contribution >= 4 is 146 Å². The summed E-state index contributed by atoms with van der Waals surface area (Å²) in [5.41, 5.74) is 25.0. The Bertz CT molecular complexity index is 7910. The fraction of sp³-hybridized carbons (Fsp3) is 0. The molecule has 0 amide bonds. The van der Waals surface area contributed by atoms with Crippen molar-refractivity contribution in [2.45, 2.75) is 0 Å². The van der Waals surface area contributed by atoms with E-state index in [4.69, 9.17) is 0 Å². The van der Waals surface area contributed by atoms with Crippen LogP contribution in [0.1, 0.15) is 0 Å². The summed E-state index contributed by atoms with van der Waals surface area (Å²) in [4.78, 5) is 3.75. The molecular formula is C112H73BrN4. The topological polar surface area (TPSA) is 30.6 Å². The molecule has 0 aliphatic rings. The van der Waals surface area contributed by atoms with E-state index in [1.54, 1.807) is 0 Å². The van der Waals surface area contributed by atoms with E-state index in [-0.39, 0.29) is 0 Å². The average molecular weight is 1550 g/mol. The van der Waals surface area contributed by atoms with E-state index >= 15 is 0 Å². The van der Waals surface area contributed by atoms with Crippen LogP contribution in [0.2, 0.25) is 0 Å². The second-order valence-corrected chi connectivity index (χ2v) is 31.2. The molecule has 0 aliphatic heterocycles. The molecule has 0 unspecified atom stereocenters. The Labute approximate surface area is 685 Å². The molecule has 0 aliphatic carbocycles. The van der Waals surface area contributed by atoms with Crippen LogP contribution in [-0.4, -0.2) is 18.7 Å². The van der Waals surface area contributed by atoms with Crippen LogP contribution in [-0.2, 0) is 0 Å². The summed E-state index contributed by atoms with van der Waals surface area (Å²) in [6.07, 6.45) is 0. The van der Waals surface area contributed by atoms with Crippen molar-refractivity contribution < 1.29 is 0 Å². The Balaban J connectivity index is 0.000000118. The highest BCUT2D eigenvalue weighted by atomic mass is 79.9. The van der Waals surface area contributed by atoms with Crippen molar-refractivity contribution in [1.82, 2.24) is 18.7 Å². The Hall–Kier alpha value is -14.9. The smallest absolute Gasteiger partial charge is 0.0789 e. The van der Waals surface area contributed by atoms with Crippen molar-refractivity contribution in [3.05, 3.63) is 441 Å². The maximum atomic E-state index is 3.75. The number of nitrogens with zero attached hydrogens (tertiary/aromatic N) is 3. The van der Waals surface area contributed by atoms with Crippen LogP contribution in [0.25, 0.3) is 214 Å². The Morgan fingerprint density at radius 2 is 0.496 bits per heavy atom. The minimum absolute atomic E-state index is 1.11. The van der Waals surface area contributed by atoms with Gasteiger partial charge in [0.05, 0.1) is 39.0 Å². The number of aromatic nitrogens is 4. The minimum Gasteiger partial charge on any atom is -0.353 e. The largest absolute Gasteiger partial charge is 0.353 e. The lowest BCUT2D eigenvalue weighted by Gasteiger charge is -2.16. The summed E-state index contributed by atoms with van der Waals surface area (Å²) in [5.74, 6) is 0. The summed E-state index contributed by atoms with van der Waals surface area (Å²) in [7, 11) is 0. The monoisotopic (exact) mass is 1550 g/mol. The second-order valence-electron chi connectivity index (χ2n) is 30.3. The second kappa shape index (κ2) is 28.9. The fourth-order valence-corrected chi connectivity index (χ4v) is 19.0. The molecular weight excluding hydrogens is 1480 g/mol. The lowest BCUT2D eigenvalue weighted by Crippen LogP contribution is -2.00. The molecule has 24 aromatic rings. The van der Waals surface area contributed by atoms with E-state index in [1.807, 2.05) is 0 Å². The third-order valence-corrected chi connectivity index (χ3v) is 24.2. The van der Waals surface area contributed by atoms with Crippen molar-refractivity contribution in [2.24, 2.45) is 0 Å². The predicted molar refractivity (Wildman–Crippen MR) is 502 cm³/mol. The van der Waals surface area contributed by atoms with E-state index < -0.39 is 0 Å². The molecule has 0 spiro atoms. The van der Waals surface area contributed by atoms with Gasteiger partial charge in [0.25, 0.3) is 0 Å². The van der Waals surface area contributed by atoms with Crippen LogP contribution < -0.4 is 0 Å². The number of benzene rings is 20. The average Bonchev–Trinajstić information content (AvgIpc) is 1.55. The first kappa shape index (κ1) is 68.9. The fourth-order valence-electron chi connectivity index (χ4n) is 18.6. The highest BCUT2D eigenvalue weighted by Crippen LogP contribution is 2.50. The van der Waals surface area contributed by atoms with Gasteiger partial charge in [-0.25, -0.2) is 0 Å². The van der Waals surface area contributed by atoms with Crippen LogP contribution in [0.15, 0.2) is 441 Å². The van der Waals surface area contributed by atoms with Crippen LogP contribution in [0.3, 0.4) is 0 Å². The number of hydrogen-bond donors (Lipinski definition) is 1. The number of H-pyrrole nitrogens is 1. The van der Waals surface area contributed by atoms with Gasteiger partial charge in [-0.05, 0) is 182 Å². The van der Waals surface area contributed by atoms with Gasteiger partial charge in [-0.2, -0.15) is 0 Å². The molecule has 5 heteroatoms. The number of para-hydroxylation sites is 4. The molecule has 0 bridgehead atoms. The van der Waals surface area contributed by atoms with Gasteiger partial charge >= 0.3 is 0 Å². The maximum Gasteiger partial charge on any atom is 0.0789 e. The summed E-state index contributed by atoms with van der Waals surface area (Å²) in [6.45, 7) is 0. The molecule has 24 rings (SSSR count). The van der Waals surface area contributed by atoms with Gasteiger partial charge < -0.3 is 18.7 Å². The lowest BCUT2D eigenvalue weighted by molar-refractivity contribution is 1.12. The van der Waals surface area contributed by atoms with Gasteiger partial charge in [-0.3, -0.25) is 0 Å². The van der Waals surface area contributed by atoms with Crippen molar-refractivity contribution in [2.75, 3.05) is 0 Å². The van der Waals surface area contributed by atoms with E-state index in [0.29, 0.717) is 0 Å². The SMILES string of the molecule is Brc1cccc(-c2ccc3c4ccccc4c4ccccc4c3c2)c1.c1ccc(-c2c(-c3ccccc3)n(-c3ccccc3)c3c2ccc2c4ccccc4[nH]c23)cc1.c1ccc(-c2c(-c3ccccc3)n(-c3ccccc3)c3c2ccc2c4ccccc4n(-c4cccc(-c5ccc6c7ccccc7c7ccccc7c6c5)c4)c23)cc1. The normalized spacial score (nSPS) is 11.6. The number of fused-ring (bicyclic) bond motifs is 22. The molecule has 0 radical (unpaired) electrons. The summed E-state index contributed by atoms with van der Waals surface area (Å²) in [6, 6.07) is 158. The molecule has 4 heterocycles. The summed E-state index contributed by atoms with van der Waals surface area (Å²) >= 11 is 3.58. The third-order valence-electron chi connectivity index (χ3n) is 23.7. The van der Waals surface area contributed by atoms with Crippen LogP contribution in [0.5, 0.6) is 0 Å². The first-order chi connectivity index (χ1) is 58.0. The van der Waals surface area contributed by atoms with Crippen LogP contribution >= 0.6 is 15.9 Å². The van der Waals surface area contributed by atoms with Crippen LogP contribution in [0, 0.1) is 0 Å². The standard InChI is InChI=1S/C56H36N2.C32H22N2.C24H15Br/c1-4-17-37(18-5-1)53-50-34-33-49-48-29-14-15-30-52(48)57(55(49)56(50)58(41-22-8-3-9-23-41)54(53)38-19-6-2-7-20-38)42-24-16-21-39(35-42)40-31-32-47-45-27-11-10-25-43(45)44-26-12-13-28-46(44)51(47)36-40;1-4-12-22(13-5-1)29-27-21-20-26-25-18-10-11-19-28(25)33-30(26)32(27)34(24-16-8-3-9-17-24)31(29)23-14-6-2-7-15-23;25-18-7-5-6-16(14-18)17-12-13-23-21-10-2-1-8-19(21)20-9-3-4-11-22(20)24(23)15-17/h1-36H;1-21,33H;1-15H. The van der Waals surface area contributed by atoms with Gasteiger partial charge in [0, 0.05) is 70.5 Å². The number of rotatable bonds is 9. The molecule has 20 aromatic carbocycles. The van der Waals surface area contributed by atoms with Crippen molar-refractivity contribution in [3.8, 4) is 84.1 Å². The predicted octanol–water partition coefficient (Wildman–Crippen LogP) is 31.4. The molecule has 4 nitrogen and oxygen atoms in total. The quantitative estimate of drug-likeness (QED) is 0.140. The first-order valence-corrected chi connectivity index (χ1v) is 40.9. The third kappa shape index (κ3) is 11.7. The number of hydrogen-bond acceptors (Lipinski definition) is 0. The molecule has 4 aromatic heterocycles. The van der Waals surface area contributed by atoms with Gasteiger partial charge in [0.1, 0.15) is 0 Å². The highest BCUT2D eigenvalue weighted by Gasteiger charge is 2.28. The molecule has 0 fully saturated rings. The Morgan fingerprint density at radius 1 is 0.179 bits per heavy atom. The molecule has 548 valence electrons. The zero-order valence-corrected chi connectivity index (χ0v) is 65.4. The number of halogens is 1. The molecule has 0 saturated heterocycles. The molecule has 0 atom stereocenters. The minimum atomic E-state index is 1.11. The Kier molecular flexibility index (Phi) is 17.0. The molecule has 117 heavy (non-hydrogen) atoms. The van der Waals surface area contributed by atoms with Crippen molar-refractivity contribution in [3.63, 3.8) is 0 Å². The molecule has 0 saturated carbocycles. The first-order valence-electron chi connectivity index (χ1n) is 40.1. The summed E-state index contributed by atoms with van der Waals surface area (Å²) < 4.78 is 8.55. The number of nitrogens with one attached hydrogen (secondary N) is 1. The van der Waals surface area contributed by atoms with Gasteiger partial charge in [-0.1, -0.05) is 380 Å². The van der Waals surface area contributed by atoms with E-state index in [0.717, 1.165) is 27.1 Å². The van der Waals surface area contributed by atoms with E-state index in [1.165, 1.54) is 192 Å². The number of aromatic amines is 1. The van der Waals surface area contributed by atoms with Crippen molar-refractivity contribution in [1.29, 1.82) is 0 Å². The van der Waals surface area contributed by atoms with E-state index in [2.05, 4.69) is 471 Å².